The van der Waals surface area contributed by atoms with E-state index in [9.17, 15) is 5.11 Å². The first-order chi connectivity index (χ1) is 13.1. The maximum atomic E-state index is 10.4. The molecule has 1 aromatic carbocycles. The Balaban J connectivity index is 1.40. The van der Waals surface area contributed by atoms with Gasteiger partial charge in [-0.25, -0.2) is 9.97 Å². The smallest absolute Gasteiger partial charge is 0.128 e. The number of aliphatic hydroxyl groups excluding tert-OH is 1. The highest BCUT2D eigenvalue weighted by molar-refractivity contribution is 7.99. The summed E-state index contributed by atoms with van der Waals surface area (Å²) < 4.78 is 5.90. The molecular weight excluding hydrogens is 376 g/mol. The van der Waals surface area contributed by atoms with Gasteiger partial charge in [0.15, 0.2) is 0 Å². The zero-order valence-corrected chi connectivity index (χ0v) is 17.3. The van der Waals surface area contributed by atoms with Crippen molar-refractivity contribution in [1.29, 1.82) is 0 Å². The molecule has 0 radical (unpaired) electrons. The molecule has 1 aliphatic carbocycles. The van der Waals surface area contributed by atoms with Crippen LogP contribution in [0.1, 0.15) is 42.2 Å². The molecule has 0 spiro atoms. The Morgan fingerprint density at radius 2 is 2.07 bits per heavy atom. The standard InChI is InChI=1S/C21H24N2O2S2/c1-13(2)15-6-3-4-8-17(15)25-10-14(24)11-26-20-19-16-7-5-9-18(16)27-21(19)23-12-22-20/h3-4,6,8,12-14,24H,5,7,9-11H2,1-2H3/t14-/m1/s1. The highest BCUT2D eigenvalue weighted by atomic mass is 32.2. The molecule has 6 heteroatoms. The molecule has 0 bridgehead atoms. The van der Waals surface area contributed by atoms with Crippen LogP contribution in [-0.2, 0) is 12.8 Å². The second-order valence-corrected chi connectivity index (χ2v) is 9.28. The fourth-order valence-corrected chi connectivity index (χ4v) is 5.73. The monoisotopic (exact) mass is 400 g/mol. The lowest BCUT2D eigenvalue weighted by atomic mass is 10.0. The number of ether oxygens (including phenoxy) is 1. The van der Waals surface area contributed by atoms with Crippen molar-refractivity contribution in [3.8, 4) is 5.75 Å². The molecule has 0 saturated carbocycles. The van der Waals surface area contributed by atoms with Crippen LogP contribution in [0.25, 0.3) is 10.2 Å². The van der Waals surface area contributed by atoms with E-state index in [1.807, 2.05) is 18.2 Å². The first-order valence-corrected chi connectivity index (χ1v) is 11.2. The Morgan fingerprint density at radius 1 is 1.22 bits per heavy atom. The minimum atomic E-state index is -0.549. The van der Waals surface area contributed by atoms with Crippen LogP contribution in [0.4, 0.5) is 0 Å². The van der Waals surface area contributed by atoms with E-state index in [2.05, 4.69) is 29.9 Å². The Bertz CT molecular complexity index is 939. The van der Waals surface area contributed by atoms with E-state index in [1.165, 1.54) is 27.8 Å². The molecule has 0 unspecified atom stereocenters. The first kappa shape index (κ1) is 18.7. The Labute approximate surface area is 168 Å². The predicted octanol–water partition coefficient (Wildman–Crippen LogP) is 4.84. The third kappa shape index (κ3) is 3.98. The van der Waals surface area contributed by atoms with E-state index in [-0.39, 0.29) is 6.61 Å². The van der Waals surface area contributed by atoms with Gasteiger partial charge in [-0.2, -0.15) is 0 Å². The van der Waals surface area contributed by atoms with Gasteiger partial charge < -0.3 is 9.84 Å². The van der Waals surface area contributed by atoms with Gasteiger partial charge in [-0.3, -0.25) is 0 Å². The Kier molecular flexibility index (Phi) is 5.66. The summed E-state index contributed by atoms with van der Waals surface area (Å²) in [6.45, 7) is 4.58. The van der Waals surface area contributed by atoms with Gasteiger partial charge in [0.25, 0.3) is 0 Å². The van der Waals surface area contributed by atoms with Gasteiger partial charge in [0.05, 0.1) is 6.10 Å². The van der Waals surface area contributed by atoms with Gasteiger partial charge in [0, 0.05) is 16.0 Å². The molecule has 1 atom stereocenters. The lowest BCUT2D eigenvalue weighted by molar-refractivity contribution is 0.125. The third-order valence-corrected chi connectivity index (χ3v) is 7.19. The fourth-order valence-electron chi connectivity index (χ4n) is 3.51. The summed E-state index contributed by atoms with van der Waals surface area (Å²) in [7, 11) is 0. The summed E-state index contributed by atoms with van der Waals surface area (Å²) in [5.41, 5.74) is 2.60. The van der Waals surface area contributed by atoms with E-state index in [0.717, 1.165) is 28.4 Å². The minimum Gasteiger partial charge on any atom is -0.491 e. The fraction of sp³-hybridized carbons (Fsp3) is 0.429. The Hall–Kier alpha value is -1.63. The zero-order chi connectivity index (χ0) is 18.8. The molecule has 0 saturated heterocycles. The highest BCUT2D eigenvalue weighted by Gasteiger charge is 2.21. The average Bonchev–Trinajstić information content (AvgIpc) is 3.25. The minimum absolute atomic E-state index is 0.284. The number of aromatic nitrogens is 2. The largest absolute Gasteiger partial charge is 0.491 e. The SMILES string of the molecule is CC(C)c1ccccc1OC[C@@H](O)CSc1ncnc2sc3c(c12)CCC3. The number of aliphatic hydroxyl groups is 1. The van der Waals surface area contributed by atoms with Crippen LogP contribution in [-0.4, -0.2) is 33.5 Å². The van der Waals surface area contributed by atoms with Crippen LogP contribution >= 0.6 is 23.1 Å². The third-order valence-electron chi connectivity index (χ3n) is 4.85. The van der Waals surface area contributed by atoms with E-state index in [4.69, 9.17) is 4.74 Å². The van der Waals surface area contributed by atoms with Crippen LogP contribution in [0, 0.1) is 0 Å². The molecule has 2 aromatic heterocycles. The molecule has 27 heavy (non-hydrogen) atoms. The van der Waals surface area contributed by atoms with Crippen LogP contribution in [0.5, 0.6) is 5.75 Å². The molecule has 0 aliphatic heterocycles. The molecule has 0 fully saturated rings. The molecule has 1 aliphatic rings. The van der Waals surface area contributed by atoms with E-state index < -0.39 is 6.10 Å². The summed E-state index contributed by atoms with van der Waals surface area (Å²) in [4.78, 5) is 11.5. The van der Waals surface area contributed by atoms with Crippen molar-refractivity contribution < 1.29 is 9.84 Å². The first-order valence-electron chi connectivity index (χ1n) is 9.41. The maximum absolute atomic E-state index is 10.4. The van der Waals surface area contributed by atoms with Crippen LogP contribution in [0.3, 0.4) is 0 Å². The topological polar surface area (TPSA) is 55.2 Å². The summed E-state index contributed by atoms with van der Waals surface area (Å²) in [6, 6.07) is 8.04. The van der Waals surface area contributed by atoms with Crippen molar-refractivity contribution in [1.82, 2.24) is 9.97 Å². The number of rotatable bonds is 7. The number of thiophene rings is 1. The predicted molar refractivity (Wildman–Crippen MR) is 112 cm³/mol. The number of nitrogens with zero attached hydrogens (tertiary/aromatic N) is 2. The number of para-hydroxylation sites is 1. The van der Waals surface area contributed by atoms with Gasteiger partial charge in [0.1, 0.15) is 28.5 Å². The van der Waals surface area contributed by atoms with Gasteiger partial charge >= 0.3 is 0 Å². The van der Waals surface area contributed by atoms with Crippen LogP contribution in [0.15, 0.2) is 35.6 Å². The van der Waals surface area contributed by atoms with Crippen molar-refractivity contribution in [3.05, 3.63) is 46.6 Å². The Morgan fingerprint density at radius 3 is 2.93 bits per heavy atom. The lowest BCUT2D eigenvalue weighted by Crippen LogP contribution is -2.20. The van der Waals surface area contributed by atoms with Crippen LogP contribution in [0.2, 0.25) is 0 Å². The van der Waals surface area contributed by atoms with Crippen molar-refractivity contribution in [3.63, 3.8) is 0 Å². The number of hydrogen-bond acceptors (Lipinski definition) is 6. The average molecular weight is 401 g/mol. The van der Waals surface area contributed by atoms with Crippen LogP contribution < -0.4 is 4.74 Å². The molecule has 4 rings (SSSR count). The number of fused-ring (bicyclic) bond motifs is 3. The van der Waals surface area contributed by atoms with Crippen molar-refractivity contribution in [2.24, 2.45) is 0 Å². The van der Waals surface area contributed by atoms with Crippen molar-refractivity contribution >= 4 is 33.3 Å². The number of aryl methyl sites for hydroxylation is 2. The molecule has 2 heterocycles. The van der Waals surface area contributed by atoms with Gasteiger partial charge in [-0.15, -0.1) is 23.1 Å². The lowest BCUT2D eigenvalue weighted by Gasteiger charge is -2.16. The van der Waals surface area contributed by atoms with E-state index in [1.54, 1.807) is 29.4 Å². The molecule has 0 amide bonds. The van der Waals surface area contributed by atoms with Crippen molar-refractivity contribution in [2.45, 2.75) is 50.2 Å². The number of hydrogen-bond donors (Lipinski definition) is 1. The van der Waals surface area contributed by atoms with Crippen molar-refractivity contribution in [2.75, 3.05) is 12.4 Å². The van der Waals surface area contributed by atoms with E-state index in [0.29, 0.717) is 11.7 Å². The highest BCUT2D eigenvalue weighted by Crippen LogP contribution is 2.40. The zero-order valence-electron chi connectivity index (χ0n) is 15.6. The quantitative estimate of drug-likeness (QED) is 0.454. The normalized spacial score (nSPS) is 14.7. The second-order valence-electron chi connectivity index (χ2n) is 7.18. The van der Waals surface area contributed by atoms with E-state index >= 15 is 0 Å². The second kappa shape index (κ2) is 8.17. The van der Waals surface area contributed by atoms with Gasteiger partial charge in [-0.1, -0.05) is 32.0 Å². The summed E-state index contributed by atoms with van der Waals surface area (Å²) in [5.74, 6) is 1.81. The number of benzene rings is 1. The maximum Gasteiger partial charge on any atom is 0.128 e. The van der Waals surface area contributed by atoms with Gasteiger partial charge in [-0.05, 0) is 42.4 Å². The number of thioether (sulfide) groups is 1. The molecule has 4 nitrogen and oxygen atoms in total. The van der Waals surface area contributed by atoms with Gasteiger partial charge in [0.2, 0.25) is 0 Å². The molecular formula is C21H24N2O2S2. The molecule has 142 valence electrons. The summed E-state index contributed by atoms with van der Waals surface area (Å²) in [5, 5.41) is 12.6. The summed E-state index contributed by atoms with van der Waals surface area (Å²) in [6.07, 6.45) is 4.59. The molecule has 3 aromatic rings. The molecule has 1 N–H and O–H groups in total. The summed E-state index contributed by atoms with van der Waals surface area (Å²) >= 11 is 3.39.